The SMILES string of the molecule is CC(O)C(C)Sc1c(F)cccc1CNC(C)(C)C. The van der Waals surface area contributed by atoms with Crippen molar-refractivity contribution in [3.8, 4) is 0 Å². The lowest BCUT2D eigenvalue weighted by Gasteiger charge is -2.23. The molecule has 0 spiro atoms. The Hall–Kier alpha value is -0.580. The predicted octanol–water partition coefficient (Wildman–Crippen LogP) is 3.58. The third-order valence-corrected chi connectivity index (χ3v) is 4.30. The van der Waals surface area contributed by atoms with Gasteiger partial charge < -0.3 is 10.4 Å². The molecule has 2 nitrogen and oxygen atoms in total. The number of benzene rings is 1. The minimum atomic E-state index is -0.465. The zero-order chi connectivity index (χ0) is 14.6. The largest absolute Gasteiger partial charge is 0.392 e. The number of rotatable bonds is 5. The van der Waals surface area contributed by atoms with Crippen LogP contribution in [0.15, 0.2) is 23.1 Å². The van der Waals surface area contributed by atoms with Crippen molar-refractivity contribution in [1.82, 2.24) is 5.32 Å². The predicted molar refractivity (Wildman–Crippen MR) is 80.0 cm³/mol. The van der Waals surface area contributed by atoms with E-state index in [1.54, 1.807) is 13.0 Å². The highest BCUT2D eigenvalue weighted by molar-refractivity contribution is 8.00. The minimum Gasteiger partial charge on any atom is -0.392 e. The molecule has 2 unspecified atom stereocenters. The lowest BCUT2D eigenvalue weighted by molar-refractivity contribution is 0.196. The van der Waals surface area contributed by atoms with E-state index in [0.29, 0.717) is 11.4 Å². The number of hydrogen-bond donors (Lipinski definition) is 2. The molecule has 0 saturated heterocycles. The Morgan fingerprint density at radius 3 is 2.47 bits per heavy atom. The van der Waals surface area contributed by atoms with E-state index in [9.17, 15) is 9.50 Å². The van der Waals surface area contributed by atoms with Gasteiger partial charge in [-0.2, -0.15) is 0 Å². The molecule has 2 atom stereocenters. The van der Waals surface area contributed by atoms with Crippen molar-refractivity contribution < 1.29 is 9.50 Å². The first-order chi connectivity index (χ1) is 8.70. The molecular formula is C15H24FNOS. The lowest BCUT2D eigenvalue weighted by atomic mass is 10.1. The summed E-state index contributed by atoms with van der Waals surface area (Å²) in [6.07, 6.45) is -0.465. The summed E-state index contributed by atoms with van der Waals surface area (Å²) in [4.78, 5) is 0.632. The molecule has 4 heteroatoms. The fourth-order valence-corrected chi connectivity index (χ4v) is 2.51. The number of nitrogens with one attached hydrogen (secondary N) is 1. The summed E-state index contributed by atoms with van der Waals surface area (Å²) in [6, 6.07) is 5.13. The first kappa shape index (κ1) is 16.5. The zero-order valence-corrected chi connectivity index (χ0v) is 13.1. The molecule has 0 bridgehead atoms. The van der Waals surface area contributed by atoms with Crippen LogP contribution >= 0.6 is 11.8 Å². The van der Waals surface area contributed by atoms with Gasteiger partial charge in [-0.15, -0.1) is 11.8 Å². The molecule has 0 aliphatic heterocycles. The van der Waals surface area contributed by atoms with Crippen LogP contribution in [0.5, 0.6) is 0 Å². The maximum absolute atomic E-state index is 14.0. The van der Waals surface area contributed by atoms with Crippen molar-refractivity contribution in [2.24, 2.45) is 0 Å². The molecule has 108 valence electrons. The van der Waals surface area contributed by atoms with Crippen LogP contribution in [0.1, 0.15) is 40.2 Å². The Morgan fingerprint density at radius 1 is 1.32 bits per heavy atom. The first-order valence-corrected chi connectivity index (χ1v) is 7.46. The quantitative estimate of drug-likeness (QED) is 0.811. The van der Waals surface area contributed by atoms with Crippen LogP contribution in [-0.4, -0.2) is 22.0 Å². The standard InChI is InChI=1S/C15H24FNOS/c1-10(18)11(2)19-14-12(7-6-8-13(14)16)9-17-15(3,4)5/h6-8,10-11,17-18H,9H2,1-5H3. The van der Waals surface area contributed by atoms with E-state index in [1.165, 1.54) is 17.8 Å². The van der Waals surface area contributed by atoms with Crippen LogP contribution in [0.4, 0.5) is 4.39 Å². The zero-order valence-electron chi connectivity index (χ0n) is 12.3. The summed E-state index contributed by atoms with van der Waals surface area (Å²) < 4.78 is 14.0. The number of aliphatic hydroxyl groups excluding tert-OH is 1. The fraction of sp³-hybridized carbons (Fsp3) is 0.600. The highest BCUT2D eigenvalue weighted by Crippen LogP contribution is 2.31. The molecule has 1 aromatic rings. The van der Waals surface area contributed by atoms with Gasteiger partial charge in [0.25, 0.3) is 0 Å². The Kier molecular flexibility index (Phi) is 5.83. The molecule has 2 N–H and O–H groups in total. The molecular weight excluding hydrogens is 261 g/mol. The van der Waals surface area contributed by atoms with Gasteiger partial charge in [0.05, 0.1) is 6.10 Å². The van der Waals surface area contributed by atoms with E-state index >= 15 is 0 Å². The van der Waals surface area contributed by atoms with Crippen molar-refractivity contribution in [3.63, 3.8) is 0 Å². The van der Waals surface area contributed by atoms with Crippen LogP contribution in [0.2, 0.25) is 0 Å². The third-order valence-electron chi connectivity index (χ3n) is 2.84. The van der Waals surface area contributed by atoms with E-state index in [0.717, 1.165) is 5.56 Å². The van der Waals surface area contributed by atoms with Crippen molar-refractivity contribution in [3.05, 3.63) is 29.6 Å². The monoisotopic (exact) mass is 285 g/mol. The average molecular weight is 285 g/mol. The molecule has 0 fully saturated rings. The van der Waals surface area contributed by atoms with E-state index in [2.05, 4.69) is 26.1 Å². The third kappa shape index (κ3) is 5.51. The summed E-state index contributed by atoms with van der Waals surface area (Å²) in [5.41, 5.74) is 0.928. The maximum atomic E-state index is 14.0. The second kappa shape index (κ2) is 6.73. The van der Waals surface area contributed by atoms with Gasteiger partial charge in [-0.3, -0.25) is 0 Å². The maximum Gasteiger partial charge on any atom is 0.137 e. The highest BCUT2D eigenvalue weighted by atomic mass is 32.2. The van der Waals surface area contributed by atoms with Gasteiger partial charge in [0.2, 0.25) is 0 Å². The molecule has 1 aromatic carbocycles. The average Bonchev–Trinajstić information content (AvgIpc) is 2.28. The Balaban J connectivity index is 2.89. The second-order valence-electron chi connectivity index (χ2n) is 5.90. The number of halogens is 1. The number of aliphatic hydroxyl groups is 1. The Bertz CT molecular complexity index is 415. The molecule has 0 amide bonds. The number of thioether (sulfide) groups is 1. The summed E-state index contributed by atoms with van der Waals surface area (Å²) in [6.45, 7) is 10.5. The topological polar surface area (TPSA) is 32.3 Å². The second-order valence-corrected chi connectivity index (χ2v) is 7.28. The summed E-state index contributed by atoms with van der Waals surface area (Å²) in [5.74, 6) is -0.217. The van der Waals surface area contributed by atoms with Crippen molar-refractivity contribution in [1.29, 1.82) is 0 Å². The van der Waals surface area contributed by atoms with Gasteiger partial charge >= 0.3 is 0 Å². The Labute approximate surface area is 119 Å². The molecule has 0 aliphatic carbocycles. The van der Waals surface area contributed by atoms with Crippen molar-refractivity contribution in [2.45, 2.75) is 63.0 Å². The van der Waals surface area contributed by atoms with Crippen LogP contribution in [0.25, 0.3) is 0 Å². The normalized spacial score (nSPS) is 15.3. The van der Waals surface area contributed by atoms with Crippen LogP contribution in [-0.2, 0) is 6.54 Å². The van der Waals surface area contributed by atoms with E-state index in [1.807, 2.05) is 13.0 Å². The smallest absolute Gasteiger partial charge is 0.137 e. The minimum absolute atomic E-state index is 0.00978. The van der Waals surface area contributed by atoms with Crippen LogP contribution < -0.4 is 5.32 Å². The molecule has 0 aromatic heterocycles. The van der Waals surface area contributed by atoms with Gasteiger partial charge in [-0.1, -0.05) is 19.1 Å². The lowest BCUT2D eigenvalue weighted by Crippen LogP contribution is -2.35. The molecule has 19 heavy (non-hydrogen) atoms. The Morgan fingerprint density at radius 2 is 1.95 bits per heavy atom. The van der Waals surface area contributed by atoms with Gasteiger partial charge in [-0.25, -0.2) is 4.39 Å². The highest BCUT2D eigenvalue weighted by Gasteiger charge is 2.17. The summed E-state index contributed by atoms with van der Waals surface area (Å²) in [5, 5.41) is 12.9. The van der Waals surface area contributed by atoms with Crippen molar-refractivity contribution in [2.75, 3.05) is 0 Å². The molecule has 0 heterocycles. The van der Waals surface area contributed by atoms with Crippen LogP contribution in [0.3, 0.4) is 0 Å². The van der Waals surface area contributed by atoms with Gasteiger partial charge in [0.15, 0.2) is 0 Å². The number of hydrogen-bond acceptors (Lipinski definition) is 3. The summed E-state index contributed by atoms with van der Waals surface area (Å²) >= 11 is 1.39. The molecule has 0 saturated carbocycles. The van der Waals surface area contributed by atoms with Crippen molar-refractivity contribution >= 4 is 11.8 Å². The van der Waals surface area contributed by atoms with Crippen LogP contribution in [0, 0.1) is 5.82 Å². The molecule has 1 rings (SSSR count). The van der Waals surface area contributed by atoms with Gasteiger partial charge in [0, 0.05) is 22.2 Å². The van der Waals surface area contributed by atoms with Gasteiger partial charge in [-0.05, 0) is 39.3 Å². The first-order valence-electron chi connectivity index (χ1n) is 6.58. The van der Waals surface area contributed by atoms with E-state index in [4.69, 9.17) is 0 Å². The van der Waals surface area contributed by atoms with E-state index < -0.39 is 6.10 Å². The van der Waals surface area contributed by atoms with E-state index in [-0.39, 0.29) is 16.6 Å². The molecule has 0 aliphatic rings. The van der Waals surface area contributed by atoms with Gasteiger partial charge in [0.1, 0.15) is 5.82 Å². The fourth-order valence-electron chi connectivity index (χ4n) is 1.47. The molecule has 0 radical (unpaired) electrons. The summed E-state index contributed by atoms with van der Waals surface area (Å²) in [7, 11) is 0.